The van der Waals surface area contributed by atoms with Crippen LogP contribution in [-0.2, 0) is 0 Å². The van der Waals surface area contributed by atoms with Crippen molar-refractivity contribution in [1.29, 1.82) is 0 Å². The van der Waals surface area contributed by atoms with Crippen LogP contribution in [0.15, 0.2) is 42.6 Å². The second kappa shape index (κ2) is 8.71. The number of rotatable bonds is 6. The van der Waals surface area contributed by atoms with Crippen LogP contribution in [0.1, 0.15) is 23.8 Å². The van der Waals surface area contributed by atoms with Crippen molar-refractivity contribution in [3.63, 3.8) is 0 Å². The van der Waals surface area contributed by atoms with Gasteiger partial charge in [-0.25, -0.2) is 4.39 Å². The topological polar surface area (TPSA) is 66.3 Å². The highest BCUT2D eigenvalue weighted by Gasteiger charge is 2.21. The molecule has 29 heavy (non-hydrogen) atoms. The lowest BCUT2D eigenvalue weighted by molar-refractivity contribution is 0.102. The maximum absolute atomic E-state index is 13.8. The summed E-state index contributed by atoms with van der Waals surface area (Å²) in [5.74, 6) is -0.871. The molecule has 0 unspecified atom stereocenters. The van der Waals surface area contributed by atoms with Crippen LogP contribution in [0.4, 0.5) is 15.2 Å². The maximum atomic E-state index is 13.8. The Balaban J connectivity index is 1.48. The first-order valence-corrected chi connectivity index (χ1v) is 10.5. The van der Waals surface area contributed by atoms with Crippen LogP contribution >= 0.6 is 11.3 Å². The molecule has 1 saturated heterocycles. The van der Waals surface area contributed by atoms with Crippen molar-refractivity contribution in [2.45, 2.75) is 13.3 Å². The number of aromatic nitrogens is 3. The van der Waals surface area contributed by atoms with Crippen LogP contribution in [0.25, 0.3) is 5.13 Å². The van der Waals surface area contributed by atoms with E-state index >= 15 is 0 Å². The fourth-order valence-electron chi connectivity index (χ4n) is 3.39. The zero-order valence-electron chi connectivity index (χ0n) is 16.2. The first-order valence-electron chi connectivity index (χ1n) is 9.70. The SMILES string of the molecule is CCCN1CCN(c2nnc(-n3cccc3C(=O)Nc3ccccc3F)s2)CC1. The van der Waals surface area contributed by atoms with E-state index in [4.69, 9.17) is 0 Å². The molecule has 1 amide bonds. The number of carbonyl (C=O) groups is 1. The lowest BCUT2D eigenvalue weighted by Gasteiger charge is -2.33. The Kier molecular flexibility index (Phi) is 5.86. The van der Waals surface area contributed by atoms with Crippen molar-refractivity contribution in [2.75, 3.05) is 42.9 Å². The number of para-hydroxylation sites is 1. The van der Waals surface area contributed by atoms with Crippen LogP contribution < -0.4 is 10.2 Å². The lowest BCUT2D eigenvalue weighted by Crippen LogP contribution is -2.46. The zero-order valence-corrected chi connectivity index (χ0v) is 17.0. The third-order valence-electron chi connectivity index (χ3n) is 4.90. The summed E-state index contributed by atoms with van der Waals surface area (Å²) in [4.78, 5) is 17.4. The van der Waals surface area contributed by atoms with E-state index in [0.717, 1.165) is 44.3 Å². The lowest BCUT2D eigenvalue weighted by atomic mass is 10.3. The van der Waals surface area contributed by atoms with Crippen molar-refractivity contribution in [1.82, 2.24) is 19.7 Å². The summed E-state index contributed by atoms with van der Waals surface area (Å²) < 4.78 is 15.5. The minimum absolute atomic E-state index is 0.146. The van der Waals surface area contributed by atoms with E-state index in [1.165, 1.54) is 23.5 Å². The number of nitrogens with one attached hydrogen (secondary N) is 1. The molecule has 4 rings (SSSR count). The molecule has 0 saturated carbocycles. The fraction of sp³-hybridized carbons (Fsp3) is 0.350. The summed E-state index contributed by atoms with van der Waals surface area (Å²) in [6.45, 7) is 7.19. The minimum Gasteiger partial charge on any atom is -0.344 e. The average molecular weight is 415 g/mol. The van der Waals surface area contributed by atoms with Crippen LogP contribution in [0.2, 0.25) is 0 Å². The molecule has 0 atom stereocenters. The molecule has 1 aliphatic rings. The normalized spacial score (nSPS) is 14.9. The van der Waals surface area contributed by atoms with Gasteiger partial charge >= 0.3 is 0 Å². The molecule has 0 bridgehead atoms. The Bertz CT molecular complexity index is 979. The Morgan fingerprint density at radius 1 is 1.10 bits per heavy atom. The van der Waals surface area contributed by atoms with E-state index in [2.05, 4.69) is 32.2 Å². The molecular weight excluding hydrogens is 391 g/mol. The first-order chi connectivity index (χ1) is 14.2. The predicted molar refractivity (Wildman–Crippen MR) is 113 cm³/mol. The van der Waals surface area contributed by atoms with Gasteiger partial charge in [0.05, 0.1) is 5.69 Å². The molecular formula is C20H23FN6OS. The van der Waals surface area contributed by atoms with Gasteiger partial charge < -0.3 is 10.2 Å². The van der Waals surface area contributed by atoms with Crippen LogP contribution in [0.3, 0.4) is 0 Å². The van der Waals surface area contributed by atoms with Gasteiger partial charge in [-0.05, 0) is 37.2 Å². The van der Waals surface area contributed by atoms with E-state index in [-0.39, 0.29) is 5.69 Å². The molecule has 1 aromatic carbocycles. The predicted octanol–water partition coefficient (Wildman–Crippen LogP) is 3.25. The standard InChI is InChI=1S/C20H23FN6OS/c1-2-9-25-11-13-26(14-12-25)19-23-24-20(29-19)27-10-5-8-17(27)18(28)22-16-7-4-3-6-15(16)21/h3-8,10H,2,9,11-14H2,1H3,(H,22,28). The van der Waals surface area contributed by atoms with E-state index in [0.29, 0.717) is 10.8 Å². The largest absolute Gasteiger partial charge is 0.344 e. The molecule has 0 spiro atoms. The number of hydrogen-bond donors (Lipinski definition) is 1. The molecule has 1 aliphatic heterocycles. The van der Waals surface area contributed by atoms with Gasteiger partial charge in [0.1, 0.15) is 11.5 Å². The molecule has 0 radical (unpaired) electrons. The fourth-order valence-corrected chi connectivity index (χ4v) is 4.29. The van der Waals surface area contributed by atoms with Gasteiger partial charge in [-0.2, -0.15) is 0 Å². The number of halogens is 1. The second-order valence-electron chi connectivity index (χ2n) is 6.89. The molecule has 9 heteroatoms. The summed E-state index contributed by atoms with van der Waals surface area (Å²) >= 11 is 1.45. The van der Waals surface area contributed by atoms with Gasteiger partial charge in [0.15, 0.2) is 0 Å². The number of nitrogens with zero attached hydrogens (tertiary/aromatic N) is 5. The number of hydrogen-bond acceptors (Lipinski definition) is 6. The van der Waals surface area contributed by atoms with Crippen LogP contribution in [0.5, 0.6) is 0 Å². The molecule has 1 fully saturated rings. The third-order valence-corrected chi connectivity index (χ3v) is 5.88. The van der Waals surface area contributed by atoms with Crippen molar-refractivity contribution in [3.8, 4) is 5.13 Å². The van der Waals surface area contributed by atoms with Crippen molar-refractivity contribution in [3.05, 3.63) is 54.1 Å². The quantitative estimate of drug-likeness (QED) is 0.671. The Morgan fingerprint density at radius 3 is 2.62 bits per heavy atom. The molecule has 1 N–H and O–H groups in total. The zero-order chi connectivity index (χ0) is 20.2. The molecule has 7 nitrogen and oxygen atoms in total. The van der Waals surface area contributed by atoms with Crippen molar-refractivity contribution >= 4 is 28.1 Å². The Hall–Kier alpha value is -2.78. The summed E-state index contributed by atoms with van der Waals surface area (Å²) in [6.07, 6.45) is 2.92. The number of anilines is 2. The first kappa shape index (κ1) is 19.5. The van der Waals surface area contributed by atoms with E-state index in [1.54, 1.807) is 35.0 Å². The smallest absolute Gasteiger partial charge is 0.272 e. The molecule has 2 aromatic heterocycles. The molecule has 3 aromatic rings. The Labute approximate surface area is 172 Å². The van der Waals surface area contributed by atoms with Crippen LogP contribution in [-0.4, -0.2) is 58.3 Å². The summed E-state index contributed by atoms with van der Waals surface area (Å²) in [5.41, 5.74) is 0.525. The van der Waals surface area contributed by atoms with Crippen molar-refractivity contribution in [2.24, 2.45) is 0 Å². The summed E-state index contributed by atoms with van der Waals surface area (Å²) in [5, 5.41) is 12.7. The van der Waals surface area contributed by atoms with Crippen LogP contribution in [0, 0.1) is 5.82 Å². The van der Waals surface area contributed by atoms with E-state index in [9.17, 15) is 9.18 Å². The minimum atomic E-state index is -0.473. The molecule has 152 valence electrons. The van der Waals surface area contributed by atoms with E-state index < -0.39 is 11.7 Å². The monoisotopic (exact) mass is 414 g/mol. The molecule has 0 aliphatic carbocycles. The van der Waals surface area contributed by atoms with Crippen molar-refractivity contribution < 1.29 is 9.18 Å². The summed E-state index contributed by atoms with van der Waals surface area (Å²) in [7, 11) is 0. The second-order valence-corrected chi connectivity index (χ2v) is 7.83. The number of amides is 1. The van der Waals surface area contributed by atoms with E-state index in [1.807, 2.05) is 0 Å². The van der Waals surface area contributed by atoms with Gasteiger partial charge in [-0.1, -0.05) is 30.4 Å². The van der Waals surface area contributed by atoms with Gasteiger partial charge in [-0.3, -0.25) is 14.3 Å². The third kappa shape index (κ3) is 4.30. The summed E-state index contributed by atoms with van der Waals surface area (Å²) in [6, 6.07) is 9.54. The number of benzene rings is 1. The average Bonchev–Trinajstić information content (AvgIpc) is 3.40. The highest BCUT2D eigenvalue weighted by atomic mass is 32.1. The van der Waals surface area contributed by atoms with Gasteiger partial charge in [-0.15, -0.1) is 10.2 Å². The Morgan fingerprint density at radius 2 is 1.86 bits per heavy atom. The van der Waals surface area contributed by atoms with Gasteiger partial charge in [0.2, 0.25) is 10.3 Å². The molecule has 3 heterocycles. The number of piperazine rings is 1. The van der Waals surface area contributed by atoms with Gasteiger partial charge in [0.25, 0.3) is 5.91 Å². The number of carbonyl (C=O) groups excluding carboxylic acids is 1. The maximum Gasteiger partial charge on any atom is 0.272 e. The highest BCUT2D eigenvalue weighted by molar-refractivity contribution is 7.17. The van der Waals surface area contributed by atoms with Gasteiger partial charge in [0, 0.05) is 32.4 Å². The highest BCUT2D eigenvalue weighted by Crippen LogP contribution is 2.26.